The smallest absolute Gasteiger partial charge is 0.211 e. The summed E-state index contributed by atoms with van der Waals surface area (Å²) in [5.74, 6) is 0. The van der Waals surface area contributed by atoms with Gasteiger partial charge in [0.05, 0.1) is 6.26 Å². The van der Waals surface area contributed by atoms with E-state index in [0.29, 0.717) is 12.6 Å². The van der Waals surface area contributed by atoms with Crippen molar-refractivity contribution in [2.24, 2.45) is 0 Å². The Hall–Kier alpha value is -0.130. The van der Waals surface area contributed by atoms with Crippen molar-refractivity contribution in [1.29, 1.82) is 0 Å². The molecule has 76 valence electrons. The van der Waals surface area contributed by atoms with Crippen molar-refractivity contribution >= 4 is 10.0 Å². The molecular formula is C8H16N2O2S. The topological polar surface area (TPSA) is 40.6 Å². The Balaban J connectivity index is 2.20. The van der Waals surface area contributed by atoms with Crippen LogP contribution in [0.5, 0.6) is 0 Å². The summed E-state index contributed by atoms with van der Waals surface area (Å²) in [4.78, 5) is 2.27. The van der Waals surface area contributed by atoms with Crippen LogP contribution in [-0.4, -0.2) is 56.1 Å². The molecule has 0 N–H and O–H groups in total. The molecule has 3 aliphatic heterocycles. The first-order chi connectivity index (χ1) is 5.98. The van der Waals surface area contributed by atoms with Crippen molar-refractivity contribution in [2.75, 3.05) is 26.4 Å². The summed E-state index contributed by atoms with van der Waals surface area (Å²) in [7, 11) is -0.894. The van der Waals surface area contributed by atoms with Crippen LogP contribution >= 0.6 is 0 Å². The molecule has 0 aromatic carbocycles. The van der Waals surface area contributed by atoms with Crippen LogP contribution in [0.15, 0.2) is 0 Å². The Morgan fingerprint density at radius 2 is 1.77 bits per heavy atom. The zero-order chi connectivity index (χ0) is 9.64. The Labute approximate surface area is 79.6 Å². The van der Waals surface area contributed by atoms with Crippen molar-refractivity contribution in [2.45, 2.75) is 24.9 Å². The molecule has 4 nitrogen and oxygen atoms in total. The SMILES string of the molecule is CN1CC2CCC1CN2S(C)(=O)=O. The number of rotatable bonds is 1. The molecule has 5 heteroatoms. The molecule has 3 heterocycles. The highest BCUT2D eigenvalue weighted by Crippen LogP contribution is 2.28. The minimum absolute atomic E-state index is 0.227. The van der Waals surface area contributed by atoms with Gasteiger partial charge in [0.1, 0.15) is 0 Å². The van der Waals surface area contributed by atoms with Gasteiger partial charge in [0, 0.05) is 25.2 Å². The maximum atomic E-state index is 11.4. The van der Waals surface area contributed by atoms with E-state index in [2.05, 4.69) is 11.9 Å². The summed E-state index contributed by atoms with van der Waals surface area (Å²) in [5, 5.41) is 0. The fourth-order valence-corrected chi connectivity index (χ4v) is 3.56. The van der Waals surface area contributed by atoms with E-state index < -0.39 is 10.0 Å². The van der Waals surface area contributed by atoms with Crippen LogP contribution in [0.3, 0.4) is 0 Å². The number of hydrogen-bond donors (Lipinski definition) is 0. The van der Waals surface area contributed by atoms with Crippen LogP contribution in [0.25, 0.3) is 0 Å². The minimum atomic E-state index is -2.97. The number of piperazine rings is 1. The molecule has 3 aliphatic rings. The Bertz CT molecular complexity index is 301. The molecule has 0 spiro atoms. The lowest BCUT2D eigenvalue weighted by Gasteiger charge is -2.48. The van der Waals surface area contributed by atoms with Crippen molar-refractivity contribution < 1.29 is 8.42 Å². The van der Waals surface area contributed by atoms with Gasteiger partial charge >= 0.3 is 0 Å². The molecule has 2 atom stereocenters. The number of likely N-dealkylation sites (N-methyl/N-ethyl adjacent to an activating group) is 1. The summed E-state index contributed by atoms with van der Waals surface area (Å²) in [6.45, 7) is 1.59. The zero-order valence-corrected chi connectivity index (χ0v) is 8.92. The van der Waals surface area contributed by atoms with Gasteiger partial charge in [-0.2, -0.15) is 4.31 Å². The molecule has 0 saturated carbocycles. The van der Waals surface area contributed by atoms with Gasteiger partial charge in [0.2, 0.25) is 10.0 Å². The summed E-state index contributed by atoms with van der Waals surface area (Å²) >= 11 is 0. The number of nitrogens with zero attached hydrogens (tertiary/aromatic N) is 2. The third-order valence-electron chi connectivity index (χ3n) is 3.18. The van der Waals surface area contributed by atoms with E-state index in [0.717, 1.165) is 19.4 Å². The molecular weight excluding hydrogens is 188 g/mol. The predicted molar refractivity (Wildman–Crippen MR) is 51.0 cm³/mol. The lowest BCUT2D eigenvalue weighted by molar-refractivity contribution is 0.0431. The summed E-state index contributed by atoms with van der Waals surface area (Å²) in [6, 6.07) is 0.671. The van der Waals surface area contributed by atoms with Gasteiger partial charge in [-0.05, 0) is 19.9 Å². The monoisotopic (exact) mass is 204 g/mol. The number of piperidine rings is 2. The van der Waals surface area contributed by atoms with Crippen LogP contribution in [0.4, 0.5) is 0 Å². The highest BCUT2D eigenvalue weighted by atomic mass is 32.2. The van der Waals surface area contributed by atoms with E-state index in [1.807, 2.05) is 0 Å². The second-order valence-electron chi connectivity index (χ2n) is 4.16. The van der Waals surface area contributed by atoms with E-state index in [-0.39, 0.29) is 6.04 Å². The van der Waals surface area contributed by atoms with Gasteiger partial charge in [-0.15, -0.1) is 0 Å². The fourth-order valence-electron chi connectivity index (χ4n) is 2.41. The highest BCUT2D eigenvalue weighted by molar-refractivity contribution is 7.88. The van der Waals surface area contributed by atoms with Crippen LogP contribution in [0.2, 0.25) is 0 Å². The summed E-state index contributed by atoms with van der Waals surface area (Å²) in [5.41, 5.74) is 0. The van der Waals surface area contributed by atoms with E-state index in [1.165, 1.54) is 6.26 Å². The average Bonchev–Trinajstić information content (AvgIpc) is 2.03. The highest BCUT2D eigenvalue weighted by Gasteiger charge is 2.40. The Morgan fingerprint density at radius 1 is 1.15 bits per heavy atom. The molecule has 0 aromatic rings. The van der Waals surface area contributed by atoms with Gasteiger partial charge < -0.3 is 4.90 Å². The van der Waals surface area contributed by atoms with Crippen LogP contribution < -0.4 is 0 Å². The van der Waals surface area contributed by atoms with Gasteiger partial charge in [0.15, 0.2) is 0 Å². The third-order valence-corrected chi connectivity index (χ3v) is 4.48. The summed E-state index contributed by atoms with van der Waals surface area (Å²) < 4.78 is 24.4. The predicted octanol–water partition coefficient (Wildman–Crippen LogP) is -0.276. The lowest BCUT2D eigenvalue weighted by Crippen LogP contribution is -2.62. The molecule has 2 unspecified atom stereocenters. The van der Waals surface area contributed by atoms with Gasteiger partial charge in [-0.1, -0.05) is 0 Å². The maximum Gasteiger partial charge on any atom is 0.211 e. The second kappa shape index (κ2) is 2.93. The zero-order valence-electron chi connectivity index (χ0n) is 8.10. The molecule has 2 bridgehead atoms. The molecule has 3 saturated heterocycles. The maximum absolute atomic E-state index is 11.4. The largest absolute Gasteiger partial charge is 0.301 e. The molecule has 3 rings (SSSR count). The second-order valence-corrected chi connectivity index (χ2v) is 6.09. The molecule has 0 radical (unpaired) electrons. The van der Waals surface area contributed by atoms with E-state index >= 15 is 0 Å². The molecule has 0 amide bonds. The normalized spacial score (nSPS) is 36.8. The lowest BCUT2D eigenvalue weighted by atomic mass is 9.94. The number of sulfonamides is 1. The first kappa shape index (κ1) is 9.43. The summed E-state index contributed by atoms with van der Waals surface area (Å²) in [6.07, 6.45) is 3.49. The van der Waals surface area contributed by atoms with Crippen molar-refractivity contribution in [3.05, 3.63) is 0 Å². The Morgan fingerprint density at radius 3 is 2.15 bits per heavy atom. The van der Waals surface area contributed by atoms with Crippen LogP contribution in [0, 0.1) is 0 Å². The van der Waals surface area contributed by atoms with Crippen molar-refractivity contribution in [1.82, 2.24) is 9.21 Å². The molecule has 13 heavy (non-hydrogen) atoms. The molecule has 3 fully saturated rings. The van der Waals surface area contributed by atoms with E-state index in [9.17, 15) is 8.42 Å². The van der Waals surface area contributed by atoms with Crippen molar-refractivity contribution in [3.8, 4) is 0 Å². The molecule has 0 aromatic heterocycles. The van der Waals surface area contributed by atoms with Gasteiger partial charge in [-0.3, -0.25) is 0 Å². The van der Waals surface area contributed by atoms with E-state index in [1.54, 1.807) is 4.31 Å². The number of hydrogen-bond acceptors (Lipinski definition) is 3. The number of fused-ring (bicyclic) bond motifs is 3. The first-order valence-electron chi connectivity index (χ1n) is 4.65. The van der Waals surface area contributed by atoms with Gasteiger partial charge in [0.25, 0.3) is 0 Å². The quantitative estimate of drug-likeness (QED) is 0.590. The van der Waals surface area contributed by atoms with Crippen LogP contribution in [0.1, 0.15) is 12.8 Å². The fraction of sp³-hybridized carbons (Fsp3) is 1.00. The van der Waals surface area contributed by atoms with E-state index in [4.69, 9.17) is 0 Å². The Kier molecular flexibility index (Phi) is 2.13. The van der Waals surface area contributed by atoms with Crippen molar-refractivity contribution in [3.63, 3.8) is 0 Å². The minimum Gasteiger partial charge on any atom is -0.301 e. The first-order valence-corrected chi connectivity index (χ1v) is 6.50. The van der Waals surface area contributed by atoms with Gasteiger partial charge in [-0.25, -0.2) is 8.42 Å². The average molecular weight is 204 g/mol. The van der Waals surface area contributed by atoms with Crippen LogP contribution in [-0.2, 0) is 10.0 Å². The third kappa shape index (κ3) is 1.60. The molecule has 0 aliphatic carbocycles. The standard InChI is InChI=1S/C8H16N2O2S/c1-9-5-8-4-3-7(9)6-10(8)13(2,11)12/h7-8H,3-6H2,1-2H3.